The van der Waals surface area contributed by atoms with Gasteiger partial charge in [-0.25, -0.2) is 0 Å². The van der Waals surface area contributed by atoms with Gasteiger partial charge < -0.3 is 14.5 Å². The fourth-order valence-corrected chi connectivity index (χ4v) is 2.42. The monoisotopic (exact) mass is 287 g/mol. The van der Waals surface area contributed by atoms with E-state index in [4.69, 9.17) is 9.15 Å². The molecule has 1 amide bonds. The summed E-state index contributed by atoms with van der Waals surface area (Å²) in [5, 5.41) is 10.4. The van der Waals surface area contributed by atoms with Crippen molar-refractivity contribution in [1.82, 2.24) is 10.2 Å². The Hall–Kier alpha value is -2.21. The Morgan fingerprint density at radius 1 is 1.43 bits per heavy atom. The number of nitrogens with one attached hydrogen (secondary N) is 1. The van der Waals surface area contributed by atoms with Crippen molar-refractivity contribution in [1.29, 1.82) is 0 Å². The number of hydrogen-bond acceptors (Lipinski definition) is 5. The maximum absolute atomic E-state index is 11.9. The molecule has 0 radical (unpaired) electrons. The predicted octanol–water partition coefficient (Wildman–Crippen LogP) is 2.63. The van der Waals surface area contributed by atoms with Crippen LogP contribution in [0.1, 0.15) is 25.7 Å². The van der Waals surface area contributed by atoms with Crippen LogP contribution in [0.25, 0.3) is 11.5 Å². The van der Waals surface area contributed by atoms with Crippen molar-refractivity contribution in [3.05, 3.63) is 30.7 Å². The number of rotatable bonds is 5. The molecule has 0 saturated carbocycles. The molecule has 1 aliphatic heterocycles. The molecule has 1 aromatic carbocycles. The van der Waals surface area contributed by atoms with Crippen LogP contribution in [0, 0.1) is 0 Å². The summed E-state index contributed by atoms with van der Waals surface area (Å²) < 4.78 is 10.7. The molecule has 0 spiro atoms. The molecule has 1 fully saturated rings. The minimum atomic E-state index is -0.00632. The highest BCUT2D eigenvalue weighted by molar-refractivity contribution is 5.91. The van der Waals surface area contributed by atoms with Crippen molar-refractivity contribution < 1.29 is 13.9 Å². The van der Waals surface area contributed by atoms with Crippen LogP contribution in [0.5, 0.6) is 0 Å². The highest BCUT2D eigenvalue weighted by Gasteiger charge is 2.16. The zero-order valence-corrected chi connectivity index (χ0v) is 11.6. The Bertz CT molecular complexity index is 592. The number of carbonyl (C=O) groups excluding carboxylic acids is 1. The molecule has 0 aliphatic carbocycles. The van der Waals surface area contributed by atoms with E-state index in [9.17, 15) is 4.79 Å². The lowest BCUT2D eigenvalue weighted by Crippen LogP contribution is -2.15. The average molecular weight is 287 g/mol. The third-order valence-electron chi connectivity index (χ3n) is 3.47. The Kier molecular flexibility index (Phi) is 4.25. The van der Waals surface area contributed by atoms with Crippen LogP contribution in [0.15, 0.2) is 35.1 Å². The first kappa shape index (κ1) is 13.8. The van der Waals surface area contributed by atoms with Gasteiger partial charge in [-0.15, -0.1) is 10.2 Å². The van der Waals surface area contributed by atoms with Gasteiger partial charge >= 0.3 is 0 Å². The Morgan fingerprint density at radius 2 is 2.38 bits per heavy atom. The largest absolute Gasteiger partial charge is 0.423 e. The molecule has 6 heteroatoms. The summed E-state index contributed by atoms with van der Waals surface area (Å²) in [5.74, 6) is 0.429. The molecule has 1 unspecified atom stereocenters. The van der Waals surface area contributed by atoms with Crippen LogP contribution in [0.3, 0.4) is 0 Å². The summed E-state index contributed by atoms with van der Waals surface area (Å²) in [6.45, 7) is 0.818. The van der Waals surface area contributed by atoms with Gasteiger partial charge in [-0.1, -0.05) is 6.07 Å². The van der Waals surface area contributed by atoms with E-state index in [0.717, 1.165) is 37.1 Å². The molecule has 1 atom stereocenters. The molecule has 0 bridgehead atoms. The third-order valence-corrected chi connectivity index (χ3v) is 3.47. The summed E-state index contributed by atoms with van der Waals surface area (Å²) in [5.41, 5.74) is 1.51. The first-order chi connectivity index (χ1) is 10.3. The maximum Gasteiger partial charge on any atom is 0.247 e. The number of hydrogen-bond donors (Lipinski definition) is 1. The second-order valence-corrected chi connectivity index (χ2v) is 5.05. The molecule has 1 N–H and O–H groups in total. The molecular weight excluding hydrogens is 270 g/mol. The molecule has 1 aliphatic rings. The van der Waals surface area contributed by atoms with E-state index in [1.165, 1.54) is 6.39 Å². The molecule has 6 nitrogen and oxygen atoms in total. The fourth-order valence-electron chi connectivity index (χ4n) is 2.42. The van der Waals surface area contributed by atoms with Gasteiger partial charge in [0.1, 0.15) is 0 Å². The summed E-state index contributed by atoms with van der Waals surface area (Å²) in [7, 11) is 0. The van der Waals surface area contributed by atoms with Crippen molar-refractivity contribution in [2.45, 2.75) is 31.8 Å². The van der Waals surface area contributed by atoms with E-state index < -0.39 is 0 Å². The van der Waals surface area contributed by atoms with Crippen LogP contribution in [-0.4, -0.2) is 28.8 Å². The normalized spacial score (nSPS) is 17.8. The van der Waals surface area contributed by atoms with Crippen LogP contribution < -0.4 is 5.32 Å². The van der Waals surface area contributed by atoms with E-state index >= 15 is 0 Å². The Balaban J connectivity index is 1.56. The first-order valence-electron chi connectivity index (χ1n) is 7.09. The fraction of sp³-hybridized carbons (Fsp3) is 0.400. The highest BCUT2D eigenvalue weighted by Crippen LogP contribution is 2.21. The van der Waals surface area contributed by atoms with Gasteiger partial charge in [-0.05, 0) is 37.5 Å². The second kappa shape index (κ2) is 6.49. The third kappa shape index (κ3) is 3.66. The zero-order chi connectivity index (χ0) is 14.5. The van der Waals surface area contributed by atoms with E-state index in [-0.39, 0.29) is 12.0 Å². The highest BCUT2D eigenvalue weighted by atomic mass is 16.5. The molecule has 110 valence electrons. The van der Waals surface area contributed by atoms with Crippen molar-refractivity contribution in [3.63, 3.8) is 0 Å². The maximum atomic E-state index is 11.9. The number of benzene rings is 1. The average Bonchev–Trinajstić information content (AvgIpc) is 3.19. The molecular formula is C15H17N3O3. The smallest absolute Gasteiger partial charge is 0.247 e. The molecule has 1 aromatic heterocycles. The quantitative estimate of drug-likeness (QED) is 0.914. The number of amides is 1. The number of anilines is 1. The van der Waals surface area contributed by atoms with E-state index in [0.29, 0.717) is 12.3 Å². The standard InChI is InChI=1S/C15H17N3O3/c19-14(7-6-13-5-2-8-20-13)17-12-4-1-3-11(9-12)15-18-16-10-21-15/h1,3-4,9-10,13H,2,5-8H2,(H,17,19). The Morgan fingerprint density at radius 3 is 3.14 bits per heavy atom. The first-order valence-corrected chi connectivity index (χ1v) is 7.09. The number of nitrogens with zero attached hydrogens (tertiary/aromatic N) is 2. The summed E-state index contributed by atoms with van der Waals surface area (Å²) in [4.78, 5) is 11.9. The number of aromatic nitrogens is 2. The van der Waals surface area contributed by atoms with Gasteiger partial charge in [0.05, 0.1) is 6.10 Å². The number of ether oxygens (including phenoxy) is 1. The zero-order valence-electron chi connectivity index (χ0n) is 11.6. The lowest BCUT2D eigenvalue weighted by molar-refractivity contribution is -0.116. The van der Waals surface area contributed by atoms with Gasteiger partial charge in [0, 0.05) is 24.3 Å². The van der Waals surface area contributed by atoms with E-state index in [1.807, 2.05) is 24.3 Å². The van der Waals surface area contributed by atoms with Crippen LogP contribution >= 0.6 is 0 Å². The predicted molar refractivity (Wildman–Crippen MR) is 76.6 cm³/mol. The lowest BCUT2D eigenvalue weighted by atomic mass is 10.1. The summed E-state index contributed by atoms with van der Waals surface area (Å²) in [6.07, 6.45) is 4.91. The molecule has 2 aromatic rings. The van der Waals surface area contributed by atoms with Crippen molar-refractivity contribution in [2.24, 2.45) is 0 Å². The van der Waals surface area contributed by atoms with Crippen LogP contribution in [0.2, 0.25) is 0 Å². The minimum absolute atomic E-state index is 0.00632. The molecule has 1 saturated heterocycles. The van der Waals surface area contributed by atoms with Crippen LogP contribution in [0.4, 0.5) is 5.69 Å². The van der Waals surface area contributed by atoms with Gasteiger partial charge in [-0.2, -0.15) is 0 Å². The van der Waals surface area contributed by atoms with Gasteiger partial charge in [-0.3, -0.25) is 4.79 Å². The number of carbonyl (C=O) groups is 1. The van der Waals surface area contributed by atoms with E-state index in [2.05, 4.69) is 15.5 Å². The topological polar surface area (TPSA) is 77.2 Å². The van der Waals surface area contributed by atoms with E-state index in [1.54, 1.807) is 0 Å². The van der Waals surface area contributed by atoms with Crippen molar-refractivity contribution >= 4 is 11.6 Å². The van der Waals surface area contributed by atoms with Crippen molar-refractivity contribution in [2.75, 3.05) is 11.9 Å². The minimum Gasteiger partial charge on any atom is -0.423 e. The Labute approximate surface area is 122 Å². The summed E-state index contributed by atoms with van der Waals surface area (Å²) >= 11 is 0. The molecule has 21 heavy (non-hydrogen) atoms. The SMILES string of the molecule is O=C(CCC1CCCO1)Nc1cccc(-c2nnco2)c1. The van der Waals surface area contributed by atoms with Gasteiger partial charge in [0.2, 0.25) is 18.2 Å². The van der Waals surface area contributed by atoms with Crippen LogP contribution in [-0.2, 0) is 9.53 Å². The molecule has 2 heterocycles. The summed E-state index contributed by atoms with van der Waals surface area (Å²) in [6, 6.07) is 7.35. The van der Waals surface area contributed by atoms with Gasteiger partial charge in [0.25, 0.3) is 0 Å². The van der Waals surface area contributed by atoms with Gasteiger partial charge in [0.15, 0.2) is 0 Å². The second-order valence-electron chi connectivity index (χ2n) is 5.05. The molecule has 3 rings (SSSR count). The van der Waals surface area contributed by atoms with Crippen molar-refractivity contribution in [3.8, 4) is 11.5 Å². The lowest BCUT2D eigenvalue weighted by Gasteiger charge is -2.09.